The fourth-order valence-electron chi connectivity index (χ4n) is 2.96. The van der Waals surface area contributed by atoms with Gasteiger partial charge in [-0.05, 0) is 30.3 Å². The molecule has 4 rings (SSSR count). The Morgan fingerprint density at radius 1 is 1.19 bits per heavy atom. The summed E-state index contributed by atoms with van der Waals surface area (Å²) in [5, 5.41) is 22.6. The monoisotopic (exact) mass is 451 g/mol. The van der Waals surface area contributed by atoms with Gasteiger partial charge in [0.25, 0.3) is 5.69 Å². The number of hydrogen-bond acceptors (Lipinski definition) is 8. The summed E-state index contributed by atoms with van der Waals surface area (Å²) in [6.07, 6.45) is 1.55. The van der Waals surface area contributed by atoms with Crippen LogP contribution in [0, 0.1) is 10.1 Å². The summed E-state index contributed by atoms with van der Waals surface area (Å²) in [4.78, 5) is 23.1. The van der Waals surface area contributed by atoms with Gasteiger partial charge < -0.3 is 14.5 Å². The third kappa shape index (κ3) is 4.47. The van der Waals surface area contributed by atoms with Gasteiger partial charge in [-0.25, -0.2) is 0 Å². The Morgan fingerprint density at radius 3 is 2.69 bits per heavy atom. The second-order valence-electron chi connectivity index (χ2n) is 6.43. The fraction of sp³-hybridized carbons (Fsp3) is 0.0952. The molecule has 0 aliphatic heterocycles. The third-order valence-corrected chi connectivity index (χ3v) is 5.32. The molecule has 0 bridgehead atoms. The molecule has 0 spiro atoms. The number of methoxy groups -OCH3 is 1. The van der Waals surface area contributed by atoms with Crippen LogP contribution < -0.4 is 10.1 Å². The zero-order chi connectivity index (χ0) is 22.5. The normalized spacial score (nSPS) is 10.7. The number of anilines is 1. The molecule has 0 aliphatic carbocycles. The van der Waals surface area contributed by atoms with Gasteiger partial charge in [0.2, 0.25) is 11.7 Å². The second-order valence-corrected chi connectivity index (χ2v) is 7.38. The molecule has 0 saturated heterocycles. The Kier molecular flexibility index (Phi) is 6.17. The molecule has 2 aromatic heterocycles. The van der Waals surface area contributed by atoms with Gasteiger partial charge in [-0.1, -0.05) is 30.0 Å². The number of ether oxygens (including phenoxy) is 1. The van der Waals surface area contributed by atoms with Crippen molar-refractivity contribution in [3.63, 3.8) is 0 Å². The van der Waals surface area contributed by atoms with Crippen molar-refractivity contribution in [1.29, 1.82) is 0 Å². The number of furan rings is 1. The number of nitro groups is 1. The van der Waals surface area contributed by atoms with Gasteiger partial charge in [0.1, 0.15) is 5.75 Å². The van der Waals surface area contributed by atoms with E-state index in [1.54, 1.807) is 23.0 Å². The first kappa shape index (κ1) is 21.1. The average molecular weight is 451 g/mol. The first-order valence-electron chi connectivity index (χ1n) is 9.36. The fourth-order valence-corrected chi connectivity index (χ4v) is 3.71. The highest BCUT2D eigenvalue weighted by atomic mass is 32.2. The minimum absolute atomic E-state index is 0.00499. The highest BCUT2D eigenvalue weighted by molar-refractivity contribution is 7.99. The van der Waals surface area contributed by atoms with Gasteiger partial charge in [0.05, 0.1) is 29.7 Å². The van der Waals surface area contributed by atoms with Crippen LogP contribution in [0.1, 0.15) is 0 Å². The molecule has 2 aromatic carbocycles. The van der Waals surface area contributed by atoms with Crippen LogP contribution in [0.3, 0.4) is 0 Å². The number of non-ortho nitro benzene ring substituents is 1. The molecule has 1 amide bonds. The zero-order valence-corrected chi connectivity index (χ0v) is 17.6. The Balaban J connectivity index is 1.55. The predicted molar refractivity (Wildman–Crippen MR) is 118 cm³/mol. The Bertz CT molecular complexity index is 1240. The maximum absolute atomic E-state index is 12.6. The van der Waals surface area contributed by atoms with Gasteiger partial charge in [-0.2, -0.15) is 0 Å². The summed E-state index contributed by atoms with van der Waals surface area (Å²) in [5.41, 5.74) is 0.876. The van der Waals surface area contributed by atoms with E-state index in [0.717, 1.165) is 5.69 Å². The number of aromatic nitrogens is 3. The lowest BCUT2D eigenvalue weighted by atomic mass is 10.2. The third-order valence-electron chi connectivity index (χ3n) is 4.39. The molecule has 4 aromatic rings. The summed E-state index contributed by atoms with van der Waals surface area (Å²) in [6, 6.07) is 17.0. The summed E-state index contributed by atoms with van der Waals surface area (Å²) >= 11 is 1.17. The molecular formula is C21H17N5O5S. The quantitative estimate of drug-likeness (QED) is 0.240. The van der Waals surface area contributed by atoms with E-state index in [1.807, 2.05) is 30.3 Å². The van der Waals surface area contributed by atoms with Crippen molar-refractivity contribution < 1.29 is 18.9 Å². The van der Waals surface area contributed by atoms with Crippen LogP contribution in [-0.4, -0.2) is 38.5 Å². The number of thioether (sulfide) groups is 1. The van der Waals surface area contributed by atoms with E-state index in [0.29, 0.717) is 22.5 Å². The highest BCUT2D eigenvalue weighted by Crippen LogP contribution is 2.30. The molecule has 1 N–H and O–H groups in total. The molecule has 10 nitrogen and oxygen atoms in total. The van der Waals surface area contributed by atoms with Crippen LogP contribution >= 0.6 is 11.8 Å². The second kappa shape index (κ2) is 9.35. The number of rotatable bonds is 8. The van der Waals surface area contributed by atoms with Crippen molar-refractivity contribution in [2.45, 2.75) is 5.16 Å². The summed E-state index contributed by atoms with van der Waals surface area (Å²) in [5.74, 6) is 0.982. The molecule has 0 aliphatic rings. The summed E-state index contributed by atoms with van der Waals surface area (Å²) < 4.78 is 12.5. The number of carbonyl (C=O) groups excluding carboxylic acids is 1. The minimum atomic E-state index is -0.539. The first-order valence-corrected chi connectivity index (χ1v) is 10.3. The summed E-state index contributed by atoms with van der Waals surface area (Å²) in [7, 11) is 1.42. The van der Waals surface area contributed by atoms with E-state index in [9.17, 15) is 14.9 Å². The van der Waals surface area contributed by atoms with E-state index in [2.05, 4.69) is 15.5 Å². The number of benzene rings is 2. The lowest BCUT2D eigenvalue weighted by Gasteiger charge is -2.11. The van der Waals surface area contributed by atoms with Gasteiger partial charge in [0, 0.05) is 17.8 Å². The van der Waals surface area contributed by atoms with Crippen molar-refractivity contribution >= 4 is 29.0 Å². The zero-order valence-electron chi connectivity index (χ0n) is 16.8. The molecule has 0 unspecified atom stereocenters. The molecular weight excluding hydrogens is 434 g/mol. The number of para-hydroxylation sites is 1. The van der Waals surface area contributed by atoms with Crippen LogP contribution in [0.15, 0.2) is 76.5 Å². The van der Waals surface area contributed by atoms with Crippen LogP contribution in [0.4, 0.5) is 11.4 Å². The molecule has 162 valence electrons. The molecule has 0 atom stereocenters. The maximum Gasteiger partial charge on any atom is 0.271 e. The van der Waals surface area contributed by atoms with Gasteiger partial charge in [-0.3, -0.25) is 19.5 Å². The number of carbonyl (C=O) groups is 1. The number of nitrogens with zero attached hydrogens (tertiary/aromatic N) is 4. The Labute approximate surface area is 186 Å². The van der Waals surface area contributed by atoms with Crippen molar-refractivity contribution in [3.05, 3.63) is 77.0 Å². The molecule has 11 heteroatoms. The van der Waals surface area contributed by atoms with E-state index in [4.69, 9.17) is 9.15 Å². The minimum Gasteiger partial charge on any atom is -0.495 e. The Morgan fingerprint density at radius 2 is 2.00 bits per heavy atom. The molecule has 0 radical (unpaired) electrons. The van der Waals surface area contributed by atoms with Crippen LogP contribution in [0.2, 0.25) is 0 Å². The number of hydrogen-bond donors (Lipinski definition) is 1. The standard InChI is InChI=1S/C21H17N5O5S/c1-30-17-10-9-15(26(28)29)12-16(17)22-19(27)13-32-21-24-23-20(18-8-5-11-31-18)25(21)14-6-3-2-4-7-14/h2-12H,13H2,1H3,(H,22,27). The van der Waals surface area contributed by atoms with E-state index in [-0.39, 0.29) is 23.0 Å². The van der Waals surface area contributed by atoms with E-state index in [1.165, 1.54) is 37.1 Å². The van der Waals surface area contributed by atoms with Gasteiger partial charge >= 0.3 is 0 Å². The van der Waals surface area contributed by atoms with Crippen LogP contribution in [0.25, 0.3) is 17.3 Å². The van der Waals surface area contributed by atoms with Gasteiger partial charge in [0.15, 0.2) is 10.9 Å². The predicted octanol–water partition coefficient (Wildman–Crippen LogP) is 4.17. The lowest BCUT2D eigenvalue weighted by molar-refractivity contribution is -0.384. The molecule has 32 heavy (non-hydrogen) atoms. The number of amides is 1. The van der Waals surface area contributed by atoms with Crippen molar-refractivity contribution in [2.24, 2.45) is 0 Å². The average Bonchev–Trinajstić information content (AvgIpc) is 3.48. The number of nitro benzene ring substituents is 1. The van der Waals surface area contributed by atoms with E-state index >= 15 is 0 Å². The molecule has 0 fully saturated rings. The topological polar surface area (TPSA) is 125 Å². The highest BCUT2D eigenvalue weighted by Gasteiger charge is 2.19. The molecule has 0 saturated carbocycles. The molecule has 2 heterocycles. The van der Waals surface area contributed by atoms with Crippen molar-refractivity contribution in [3.8, 4) is 23.0 Å². The van der Waals surface area contributed by atoms with Crippen LogP contribution in [0.5, 0.6) is 5.75 Å². The van der Waals surface area contributed by atoms with Crippen molar-refractivity contribution in [1.82, 2.24) is 14.8 Å². The van der Waals surface area contributed by atoms with Crippen LogP contribution in [-0.2, 0) is 4.79 Å². The SMILES string of the molecule is COc1ccc([N+](=O)[O-])cc1NC(=O)CSc1nnc(-c2ccco2)n1-c1ccccc1. The Hall–Kier alpha value is -4.12. The van der Waals surface area contributed by atoms with Gasteiger partial charge in [-0.15, -0.1) is 10.2 Å². The largest absolute Gasteiger partial charge is 0.495 e. The number of nitrogens with one attached hydrogen (secondary N) is 1. The maximum atomic E-state index is 12.6. The first-order chi connectivity index (χ1) is 15.6. The summed E-state index contributed by atoms with van der Waals surface area (Å²) in [6.45, 7) is 0. The smallest absolute Gasteiger partial charge is 0.271 e. The van der Waals surface area contributed by atoms with E-state index < -0.39 is 4.92 Å². The van der Waals surface area contributed by atoms with Crippen molar-refractivity contribution in [2.75, 3.05) is 18.2 Å². The lowest BCUT2D eigenvalue weighted by Crippen LogP contribution is -2.15.